The Hall–Kier alpha value is -2.11. The lowest BCUT2D eigenvalue weighted by Crippen LogP contribution is -2.42. The molecule has 20 heavy (non-hydrogen) atoms. The van der Waals surface area contributed by atoms with Gasteiger partial charge in [-0.2, -0.15) is 0 Å². The molecule has 2 heterocycles. The highest BCUT2D eigenvalue weighted by Crippen LogP contribution is 2.22. The Labute approximate surface area is 118 Å². The highest BCUT2D eigenvalue weighted by Gasteiger charge is 2.26. The third-order valence-corrected chi connectivity index (χ3v) is 3.54. The fourth-order valence-corrected chi connectivity index (χ4v) is 2.72. The largest absolute Gasteiger partial charge is 0.409 e. The molecule has 2 atom stereocenters. The Kier molecular flexibility index (Phi) is 4.22. The summed E-state index contributed by atoms with van der Waals surface area (Å²) in [5.41, 5.74) is 6.34. The van der Waals surface area contributed by atoms with Crippen LogP contribution >= 0.6 is 0 Å². The molecule has 1 aromatic heterocycles. The van der Waals surface area contributed by atoms with Gasteiger partial charge < -0.3 is 15.8 Å². The molecule has 0 spiro atoms. The van der Waals surface area contributed by atoms with Crippen LogP contribution in [0.1, 0.15) is 36.3 Å². The van der Waals surface area contributed by atoms with Crippen LogP contribution in [-0.4, -0.2) is 39.9 Å². The first-order valence-corrected chi connectivity index (χ1v) is 6.74. The van der Waals surface area contributed by atoms with E-state index in [2.05, 4.69) is 24.0 Å². The molecule has 0 aromatic carbocycles. The lowest BCUT2D eigenvalue weighted by Gasteiger charge is -2.34. The number of hydrogen-bond donors (Lipinski definition) is 2. The number of hydrogen-bond acceptors (Lipinski definition) is 4. The van der Waals surface area contributed by atoms with E-state index in [1.165, 1.54) is 6.20 Å². The molecule has 2 rings (SSSR count). The van der Waals surface area contributed by atoms with Crippen molar-refractivity contribution in [1.29, 1.82) is 0 Å². The van der Waals surface area contributed by atoms with Crippen LogP contribution < -0.4 is 5.73 Å². The number of amidine groups is 1. The average molecular weight is 276 g/mol. The molecule has 1 amide bonds. The van der Waals surface area contributed by atoms with E-state index < -0.39 is 0 Å². The molecule has 6 heteroatoms. The lowest BCUT2D eigenvalue weighted by atomic mass is 9.92. The van der Waals surface area contributed by atoms with Gasteiger partial charge in [-0.15, -0.1) is 0 Å². The number of likely N-dealkylation sites (tertiary alicyclic amines) is 1. The van der Waals surface area contributed by atoms with Gasteiger partial charge in [0.25, 0.3) is 5.91 Å². The van der Waals surface area contributed by atoms with E-state index in [1.807, 2.05) is 4.90 Å². The first-order valence-electron chi connectivity index (χ1n) is 6.74. The Bertz CT molecular complexity index is 502. The molecule has 1 fully saturated rings. The van der Waals surface area contributed by atoms with Crippen LogP contribution in [0, 0.1) is 11.8 Å². The lowest BCUT2D eigenvalue weighted by molar-refractivity contribution is 0.0617. The summed E-state index contributed by atoms with van der Waals surface area (Å²) in [4.78, 5) is 18.4. The molecule has 1 saturated heterocycles. The molecule has 1 aliphatic rings. The van der Waals surface area contributed by atoms with Crippen molar-refractivity contribution in [3.8, 4) is 0 Å². The van der Waals surface area contributed by atoms with Gasteiger partial charge in [0.2, 0.25) is 0 Å². The van der Waals surface area contributed by atoms with E-state index in [4.69, 9.17) is 10.9 Å². The molecule has 0 saturated carbocycles. The van der Waals surface area contributed by atoms with Crippen LogP contribution in [0.3, 0.4) is 0 Å². The van der Waals surface area contributed by atoms with Crippen LogP contribution in [0.25, 0.3) is 0 Å². The van der Waals surface area contributed by atoms with E-state index in [1.54, 1.807) is 12.1 Å². The number of carbonyl (C=O) groups excluding carboxylic acids is 1. The van der Waals surface area contributed by atoms with Crippen molar-refractivity contribution in [3.05, 3.63) is 29.6 Å². The number of amides is 1. The summed E-state index contributed by atoms with van der Waals surface area (Å²) >= 11 is 0. The van der Waals surface area contributed by atoms with Crippen LogP contribution in [0.15, 0.2) is 23.5 Å². The van der Waals surface area contributed by atoms with Crippen molar-refractivity contribution in [1.82, 2.24) is 9.88 Å². The highest BCUT2D eigenvalue weighted by molar-refractivity contribution is 5.98. The number of pyridine rings is 1. The Balaban J connectivity index is 2.13. The number of piperidine rings is 1. The zero-order chi connectivity index (χ0) is 14.7. The smallest absolute Gasteiger partial charge is 0.272 e. The Morgan fingerprint density at radius 1 is 1.40 bits per heavy atom. The minimum absolute atomic E-state index is 0.0169. The van der Waals surface area contributed by atoms with E-state index >= 15 is 0 Å². The number of aromatic nitrogens is 1. The predicted octanol–water partition coefficient (Wildman–Crippen LogP) is 1.29. The summed E-state index contributed by atoms with van der Waals surface area (Å²) < 4.78 is 0. The fourth-order valence-electron chi connectivity index (χ4n) is 2.72. The van der Waals surface area contributed by atoms with Gasteiger partial charge in [0.15, 0.2) is 5.84 Å². The molecule has 2 unspecified atom stereocenters. The van der Waals surface area contributed by atoms with Crippen LogP contribution in [0.5, 0.6) is 0 Å². The molecule has 0 aliphatic carbocycles. The van der Waals surface area contributed by atoms with Crippen LogP contribution in [0.2, 0.25) is 0 Å². The second-order valence-electron chi connectivity index (χ2n) is 5.57. The third-order valence-electron chi connectivity index (χ3n) is 3.54. The molecular formula is C14H20N4O2. The molecule has 108 valence electrons. The zero-order valence-corrected chi connectivity index (χ0v) is 11.8. The predicted molar refractivity (Wildman–Crippen MR) is 75.6 cm³/mol. The standard InChI is InChI=1S/C14H20N4O2/c1-9-5-10(2)8-18(7-9)14(19)12-4-3-11(6-16-12)13(15)17-20/h3-4,6,9-10,20H,5,7-8H2,1-2H3,(H2,15,17). The van der Waals surface area contributed by atoms with Crippen molar-refractivity contribution < 1.29 is 10.0 Å². The van der Waals surface area contributed by atoms with Crippen LogP contribution in [0.4, 0.5) is 0 Å². The maximum atomic E-state index is 12.4. The second-order valence-corrected chi connectivity index (χ2v) is 5.57. The van der Waals surface area contributed by atoms with Gasteiger partial charge in [-0.05, 0) is 30.4 Å². The maximum Gasteiger partial charge on any atom is 0.272 e. The topological polar surface area (TPSA) is 91.8 Å². The van der Waals surface area contributed by atoms with Crippen molar-refractivity contribution in [3.63, 3.8) is 0 Å². The van der Waals surface area contributed by atoms with Crippen molar-refractivity contribution >= 4 is 11.7 Å². The second kappa shape index (κ2) is 5.90. The van der Waals surface area contributed by atoms with Crippen LogP contribution in [-0.2, 0) is 0 Å². The van der Waals surface area contributed by atoms with Gasteiger partial charge in [-0.1, -0.05) is 19.0 Å². The molecule has 0 bridgehead atoms. The van der Waals surface area contributed by atoms with E-state index in [0.29, 0.717) is 23.1 Å². The summed E-state index contributed by atoms with van der Waals surface area (Å²) in [5, 5.41) is 11.5. The highest BCUT2D eigenvalue weighted by atomic mass is 16.4. The SMILES string of the molecule is CC1CC(C)CN(C(=O)c2ccc(C(N)=NO)cn2)C1. The number of rotatable bonds is 2. The maximum absolute atomic E-state index is 12.4. The minimum Gasteiger partial charge on any atom is -0.409 e. The van der Waals surface area contributed by atoms with Gasteiger partial charge >= 0.3 is 0 Å². The number of carbonyl (C=O) groups is 1. The molecular weight excluding hydrogens is 256 g/mol. The van der Waals surface area contributed by atoms with E-state index in [0.717, 1.165) is 19.5 Å². The van der Waals surface area contributed by atoms with E-state index in [9.17, 15) is 4.79 Å². The van der Waals surface area contributed by atoms with Crippen molar-refractivity contribution in [2.45, 2.75) is 20.3 Å². The Morgan fingerprint density at radius 2 is 2.05 bits per heavy atom. The number of oxime groups is 1. The number of nitrogens with two attached hydrogens (primary N) is 1. The first kappa shape index (κ1) is 14.3. The third kappa shape index (κ3) is 3.07. The molecule has 1 aliphatic heterocycles. The van der Waals surface area contributed by atoms with Gasteiger partial charge in [0.05, 0.1) is 0 Å². The monoisotopic (exact) mass is 276 g/mol. The summed E-state index contributed by atoms with van der Waals surface area (Å²) in [7, 11) is 0. The summed E-state index contributed by atoms with van der Waals surface area (Å²) in [6.45, 7) is 5.86. The number of nitrogens with zero attached hydrogens (tertiary/aromatic N) is 3. The molecule has 0 radical (unpaired) electrons. The molecule has 6 nitrogen and oxygen atoms in total. The van der Waals surface area contributed by atoms with Crippen molar-refractivity contribution in [2.24, 2.45) is 22.7 Å². The Morgan fingerprint density at radius 3 is 2.55 bits per heavy atom. The van der Waals surface area contributed by atoms with Gasteiger partial charge in [-0.3, -0.25) is 9.78 Å². The summed E-state index contributed by atoms with van der Waals surface area (Å²) in [5.74, 6) is 0.949. The fraction of sp³-hybridized carbons (Fsp3) is 0.500. The zero-order valence-electron chi connectivity index (χ0n) is 11.8. The normalized spacial score (nSPS) is 23.7. The minimum atomic E-state index is -0.0607. The quantitative estimate of drug-likeness (QED) is 0.368. The average Bonchev–Trinajstić information content (AvgIpc) is 2.45. The molecule has 1 aromatic rings. The summed E-state index contributed by atoms with van der Waals surface area (Å²) in [6.07, 6.45) is 2.60. The van der Waals surface area contributed by atoms with Crippen molar-refractivity contribution in [2.75, 3.05) is 13.1 Å². The molecule has 3 N–H and O–H groups in total. The van der Waals surface area contributed by atoms with Gasteiger partial charge in [0.1, 0.15) is 5.69 Å². The summed E-state index contributed by atoms with van der Waals surface area (Å²) in [6, 6.07) is 3.24. The van der Waals surface area contributed by atoms with E-state index in [-0.39, 0.29) is 11.7 Å². The first-order chi connectivity index (χ1) is 9.51. The van der Waals surface area contributed by atoms with Gasteiger partial charge in [-0.25, -0.2) is 0 Å². The van der Waals surface area contributed by atoms with Gasteiger partial charge in [0, 0.05) is 24.8 Å².